The molecule has 2 heterocycles. The highest BCUT2D eigenvalue weighted by Gasteiger charge is 2.32. The van der Waals surface area contributed by atoms with Gasteiger partial charge in [0, 0.05) is 38.7 Å². The maximum absolute atomic E-state index is 13.1. The van der Waals surface area contributed by atoms with E-state index in [0.29, 0.717) is 22.2 Å². The minimum absolute atomic E-state index is 0.0629. The predicted octanol–water partition coefficient (Wildman–Crippen LogP) is 7.73. The van der Waals surface area contributed by atoms with Crippen LogP contribution in [-0.4, -0.2) is 15.8 Å². The number of amides is 1. The number of aromatic nitrogens is 1. The number of nitro benzene ring substituents is 1. The number of nitro groups is 1. The number of thiophene rings is 1. The molecule has 1 atom stereocenters. The van der Waals surface area contributed by atoms with Crippen molar-refractivity contribution in [3.8, 4) is 0 Å². The molecule has 0 spiro atoms. The molecule has 1 unspecified atom stereocenters. The van der Waals surface area contributed by atoms with E-state index in [1.165, 1.54) is 40.8 Å². The standard InChI is InChI=1S/C29H30N4O3S2/c1-4-29(2,3)18-5-14-24-17(15-18)16-23-25(30)26(38-28(23)32-24)27(34)31-19-6-10-21(11-7-19)37-22-12-8-20(9-13-22)33(35)36/h6-13,16,18H,4-5,14-15,30H2,1-3H3,(H,31,34). The van der Waals surface area contributed by atoms with Crippen molar-refractivity contribution in [2.45, 2.75) is 56.2 Å². The zero-order valence-electron chi connectivity index (χ0n) is 21.6. The predicted molar refractivity (Wildman–Crippen MR) is 155 cm³/mol. The molecule has 2 aromatic carbocycles. The van der Waals surface area contributed by atoms with Gasteiger partial charge in [-0.2, -0.15) is 0 Å². The summed E-state index contributed by atoms with van der Waals surface area (Å²) in [6, 6.07) is 16.0. The molecular weight excluding hydrogens is 516 g/mol. The van der Waals surface area contributed by atoms with Crippen molar-refractivity contribution in [3.63, 3.8) is 0 Å². The Kier molecular flexibility index (Phi) is 7.15. The van der Waals surface area contributed by atoms with Crippen LogP contribution in [-0.2, 0) is 12.8 Å². The quantitative estimate of drug-likeness (QED) is 0.181. The summed E-state index contributed by atoms with van der Waals surface area (Å²) in [4.78, 5) is 31.6. The van der Waals surface area contributed by atoms with Gasteiger partial charge in [0.25, 0.3) is 11.6 Å². The van der Waals surface area contributed by atoms with Gasteiger partial charge >= 0.3 is 0 Å². The number of fused-ring (bicyclic) bond motifs is 2. The number of benzene rings is 2. The SMILES string of the molecule is CCC(C)(C)C1CCc2nc3sc(C(=O)Nc4ccc(Sc5ccc([N+](=O)[O-])cc5)cc4)c(N)c3cc2C1. The van der Waals surface area contributed by atoms with Gasteiger partial charge in [-0.25, -0.2) is 4.98 Å². The molecule has 0 saturated heterocycles. The first-order valence-electron chi connectivity index (χ1n) is 12.7. The molecule has 1 aliphatic carbocycles. The summed E-state index contributed by atoms with van der Waals surface area (Å²) in [5.74, 6) is 0.368. The highest BCUT2D eigenvalue weighted by molar-refractivity contribution is 7.99. The average Bonchev–Trinajstić information content (AvgIpc) is 3.23. The Bertz CT molecular complexity index is 1510. The smallest absolute Gasteiger partial charge is 0.269 e. The first-order chi connectivity index (χ1) is 18.1. The van der Waals surface area contributed by atoms with E-state index < -0.39 is 4.92 Å². The van der Waals surface area contributed by atoms with Gasteiger partial charge in [-0.3, -0.25) is 14.9 Å². The van der Waals surface area contributed by atoms with E-state index in [1.54, 1.807) is 12.1 Å². The van der Waals surface area contributed by atoms with Crippen molar-refractivity contribution >= 4 is 56.3 Å². The van der Waals surface area contributed by atoms with Crippen molar-refractivity contribution in [2.24, 2.45) is 11.3 Å². The van der Waals surface area contributed by atoms with E-state index in [9.17, 15) is 14.9 Å². The number of nitrogens with one attached hydrogen (secondary N) is 1. The van der Waals surface area contributed by atoms with Crippen LogP contribution in [0.15, 0.2) is 64.4 Å². The summed E-state index contributed by atoms with van der Waals surface area (Å²) in [5, 5.41) is 14.7. The van der Waals surface area contributed by atoms with Crippen molar-refractivity contribution in [1.82, 2.24) is 4.98 Å². The zero-order valence-corrected chi connectivity index (χ0v) is 23.2. The molecule has 1 aliphatic rings. The number of nitrogen functional groups attached to an aromatic ring is 1. The lowest BCUT2D eigenvalue weighted by atomic mass is 9.69. The van der Waals surface area contributed by atoms with Crippen molar-refractivity contribution in [1.29, 1.82) is 0 Å². The van der Waals surface area contributed by atoms with Crippen LogP contribution < -0.4 is 11.1 Å². The Hall–Kier alpha value is -3.43. The van der Waals surface area contributed by atoms with Crippen LogP contribution >= 0.6 is 23.1 Å². The highest BCUT2D eigenvalue weighted by Crippen LogP contribution is 2.42. The number of nitrogens with two attached hydrogens (primary N) is 1. The molecule has 1 amide bonds. The first-order valence-corrected chi connectivity index (χ1v) is 14.3. The summed E-state index contributed by atoms with van der Waals surface area (Å²) < 4.78 is 0. The van der Waals surface area contributed by atoms with Gasteiger partial charge in [0.2, 0.25) is 0 Å². The summed E-state index contributed by atoms with van der Waals surface area (Å²) in [6.45, 7) is 6.94. The molecular formula is C29H30N4O3S2. The number of hydrogen-bond donors (Lipinski definition) is 2. The fourth-order valence-corrected chi connectivity index (χ4v) is 6.69. The first kappa shape index (κ1) is 26.2. The number of non-ortho nitro benzene ring substituents is 1. The zero-order chi connectivity index (χ0) is 27.0. The van der Waals surface area contributed by atoms with Crippen LogP contribution in [0.3, 0.4) is 0 Å². The van der Waals surface area contributed by atoms with E-state index in [-0.39, 0.29) is 17.0 Å². The van der Waals surface area contributed by atoms with E-state index in [1.807, 2.05) is 24.3 Å². The number of carbonyl (C=O) groups is 1. The number of aryl methyl sites for hydroxylation is 1. The van der Waals surface area contributed by atoms with Crippen LogP contribution in [0.5, 0.6) is 0 Å². The molecule has 38 heavy (non-hydrogen) atoms. The maximum atomic E-state index is 13.1. The van der Waals surface area contributed by atoms with Gasteiger partial charge < -0.3 is 11.1 Å². The van der Waals surface area contributed by atoms with E-state index in [0.717, 1.165) is 51.4 Å². The number of anilines is 2. The number of carbonyl (C=O) groups excluding carboxylic acids is 1. The highest BCUT2D eigenvalue weighted by atomic mass is 32.2. The number of nitrogens with zero attached hydrogens (tertiary/aromatic N) is 2. The van der Waals surface area contributed by atoms with Crippen LogP contribution in [0.2, 0.25) is 0 Å². The molecule has 5 rings (SSSR count). The molecule has 0 bridgehead atoms. The molecule has 0 fully saturated rings. The third kappa shape index (κ3) is 5.26. The molecule has 9 heteroatoms. The van der Waals surface area contributed by atoms with Gasteiger partial charge in [0.1, 0.15) is 9.71 Å². The maximum Gasteiger partial charge on any atom is 0.269 e. The normalized spacial score (nSPS) is 15.3. The topological polar surface area (TPSA) is 111 Å². The molecule has 7 nitrogen and oxygen atoms in total. The van der Waals surface area contributed by atoms with Gasteiger partial charge in [-0.1, -0.05) is 39.0 Å². The molecule has 0 radical (unpaired) electrons. The molecule has 196 valence electrons. The van der Waals surface area contributed by atoms with Gasteiger partial charge in [0.05, 0.1) is 10.6 Å². The van der Waals surface area contributed by atoms with Crippen molar-refractivity contribution in [2.75, 3.05) is 11.1 Å². The lowest BCUT2D eigenvalue weighted by Crippen LogP contribution is -2.29. The molecule has 2 aromatic heterocycles. The van der Waals surface area contributed by atoms with Crippen molar-refractivity contribution in [3.05, 3.63) is 80.8 Å². The molecule has 3 N–H and O–H groups in total. The van der Waals surface area contributed by atoms with E-state index in [4.69, 9.17) is 10.7 Å². The summed E-state index contributed by atoms with van der Waals surface area (Å²) in [7, 11) is 0. The summed E-state index contributed by atoms with van der Waals surface area (Å²) in [5.41, 5.74) is 10.4. The van der Waals surface area contributed by atoms with Crippen LogP contribution in [0, 0.1) is 21.4 Å². The second-order valence-corrected chi connectivity index (χ2v) is 12.6. The molecule has 4 aromatic rings. The third-order valence-corrected chi connectivity index (χ3v) is 9.83. The van der Waals surface area contributed by atoms with Crippen LogP contribution in [0.1, 0.15) is 54.5 Å². The van der Waals surface area contributed by atoms with Crippen molar-refractivity contribution < 1.29 is 9.72 Å². The summed E-state index contributed by atoms with van der Waals surface area (Å²) in [6.07, 6.45) is 4.24. The summed E-state index contributed by atoms with van der Waals surface area (Å²) >= 11 is 2.83. The minimum atomic E-state index is -0.414. The average molecular weight is 547 g/mol. The Morgan fingerprint density at radius 1 is 1.18 bits per heavy atom. The minimum Gasteiger partial charge on any atom is -0.397 e. The number of pyridine rings is 1. The van der Waals surface area contributed by atoms with Gasteiger partial charge in [0.15, 0.2) is 0 Å². The van der Waals surface area contributed by atoms with E-state index in [2.05, 4.69) is 32.2 Å². The Morgan fingerprint density at radius 2 is 1.84 bits per heavy atom. The fourth-order valence-electron chi connectivity index (χ4n) is 4.88. The molecule has 0 aliphatic heterocycles. The monoisotopic (exact) mass is 546 g/mol. The lowest BCUT2D eigenvalue weighted by Gasteiger charge is -2.36. The van der Waals surface area contributed by atoms with Gasteiger partial charge in [-0.05, 0) is 78.6 Å². The Labute approximate surface area is 230 Å². The lowest BCUT2D eigenvalue weighted by molar-refractivity contribution is -0.384. The molecule has 0 saturated carbocycles. The fraction of sp³-hybridized carbons (Fsp3) is 0.310. The van der Waals surface area contributed by atoms with Gasteiger partial charge in [-0.15, -0.1) is 11.3 Å². The largest absolute Gasteiger partial charge is 0.397 e. The second kappa shape index (κ2) is 10.4. The number of hydrogen-bond acceptors (Lipinski definition) is 7. The second-order valence-electron chi connectivity index (χ2n) is 10.4. The van der Waals surface area contributed by atoms with E-state index >= 15 is 0 Å². The Morgan fingerprint density at radius 3 is 2.47 bits per heavy atom. The third-order valence-electron chi connectivity index (χ3n) is 7.70. The van der Waals surface area contributed by atoms with Crippen LogP contribution in [0.4, 0.5) is 17.1 Å². The number of rotatable bonds is 7. The van der Waals surface area contributed by atoms with Crippen LogP contribution in [0.25, 0.3) is 10.2 Å². The Balaban J connectivity index is 1.30.